The van der Waals surface area contributed by atoms with Crippen LogP contribution in [0, 0.1) is 0 Å². The first-order valence-electron chi connectivity index (χ1n) is 4.88. The minimum absolute atomic E-state index is 0.613. The highest BCUT2D eigenvalue weighted by Gasteiger charge is 2.06. The molecule has 2 nitrogen and oxygen atoms in total. The quantitative estimate of drug-likeness (QED) is 0.764. The van der Waals surface area contributed by atoms with Crippen molar-refractivity contribution in [2.45, 2.75) is 24.3 Å². The smallest absolute Gasteiger partial charge is 0.193 e. The van der Waals surface area contributed by atoms with Crippen LogP contribution in [0.3, 0.4) is 0 Å². The maximum atomic E-state index is 5.69. The maximum Gasteiger partial charge on any atom is 0.193 e. The summed E-state index contributed by atoms with van der Waals surface area (Å²) in [6, 6.07) is 0. The van der Waals surface area contributed by atoms with E-state index in [1.165, 1.54) is 0 Å². The van der Waals surface area contributed by atoms with Gasteiger partial charge in [0.25, 0.3) is 0 Å². The highest BCUT2D eigenvalue weighted by molar-refractivity contribution is 7.99. The van der Waals surface area contributed by atoms with Crippen LogP contribution in [0.5, 0.6) is 0 Å². The van der Waals surface area contributed by atoms with Gasteiger partial charge in [0.05, 0.1) is 5.69 Å². The van der Waals surface area contributed by atoms with Crippen molar-refractivity contribution in [1.29, 1.82) is 0 Å². The molecule has 0 bridgehead atoms. The first kappa shape index (κ1) is 11.3. The normalized spacial score (nSPS) is 13.5. The zero-order valence-corrected chi connectivity index (χ0v) is 10.9. The number of hydrogen-bond donors (Lipinski definition) is 0. The number of nitrogens with zero attached hydrogens (tertiary/aromatic N) is 2. The molecule has 0 N–H and O–H groups in total. The Morgan fingerprint density at radius 2 is 2.53 bits per heavy atom. The average molecular weight is 261 g/mol. The first-order chi connectivity index (χ1) is 7.29. The molecular weight excluding hydrogens is 248 g/mol. The SMILES string of the molecule is CC(CCCl)SCc1cn2ccsc2n1. The number of halogens is 1. The van der Waals surface area contributed by atoms with Crippen LogP contribution in [-0.2, 0) is 5.75 Å². The summed E-state index contributed by atoms with van der Waals surface area (Å²) in [7, 11) is 0. The van der Waals surface area contributed by atoms with E-state index < -0.39 is 0 Å². The lowest BCUT2D eigenvalue weighted by atomic mass is 10.4. The zero-order chi connectivity index (χ0) is 10.7. The molecule has 1 atom stereocenters. The van der Waals surface area contributed by atoms with Gasteiger partial charge in [-0.2, -0.15) is 11.8 Å². The van der Waals surface area contributed by atoms with Crippen LogP contribution >= 0.6 is 34.7 Å². The van der Waals surface area contributed by atoms with Crippen molar-refractivity contribution in [1.82, 2.24) is 9.38 Å². The van der Waals surface area contributed by atoms with Crippen molar-refractivity contribution in [3.8, 4) is 0 Å². The molecule has 0 aliphatic rings. The van der Waals surface area contributed by atoms with Gasteiger partial charge < -0.3 is 0 Å². The van der Waals surface area contributed by atoms with Gasteiger partial charge in [0.1, 0.15) is 0 Å². The van der Waals surface area contributed by atoms with E-state index in [9.17, 15) is 0 Å². The number of hydrogen-bond acceptors (Lipinski definition) is 3. The Kier molecular flexibility index (Phi) is 3.94. The second-order valence-electron chi connectivity index (χ2n) is 3.42. The predicted octanol–water partition coefficient (Wildman–Crippen LogP) is 3.65. The number of thiazole rings is 1. The monoisotopic (exact) mass is 260 g/mol. The molecule has 0 fully saturated rings. The molecule has 15 heavy (non-hydrogen) atoms. The lowest BCUT2D eigenvalue weighted by Gasteiger charge is -2.06. The summed E-state index contributed by atoms with van der Waals surface area (Å²) in [4.78, 5) is 5.61. The van der Waals surface area contributed by atoms with Gasteiger partial charge in [0.2, 0.25) is 0 Å². The molecule has 0 saturated heterocycles. The van der Waals surface area contributed by atoms with Crippen LogP contribution < -0.4 is 0 Å². The summed E-state index contributed by atoms with van der Waals surface area (Å²) in [6.07, 6.45) is 5.21. The number of imidazole rings is 1. The van der Waals surface area contributed by atoms with Crippen molar-refractivity contribution in [3.63, 3.8) is 0 Å². The average Bonchev–Trinajstić information content (AvgIpc) is 2.74. The minimum atomic E-state index is 0.613. The molecular formula is C10H13ClN2S2. The topological polar surface area (TPSA) is 17.3 Å². The summed E-state index contributed by atoms with van der Waals surface area (Å²) < 4.78 is 2.08. The fourth-order valence-electron chi connectivity index (χ4n) is 1.31. The number of rotatable bonds is 5. The maximum absolute atomic E-state index is 5.69. The Morgan fingerprint density at radius 3 is 3.27 bits per heavy atom. The lowest BCUT2D eigenvalue weighted by molar-refractivity contribution is 0.911. The molecule has 2 aromatic rings. The third-order valence-corrected chi connectivity index (χ3v) is 4.43. The molecule has 1 unspecified atom stereocenters. The van der Waals surface area contributed by atoms with E-state index in [1.807, 2.05) is 18.0 Å². The summed E-state index contributed by atoms with van der Waals surface area (Å²) in [5, 5.41) is 2.66. The number of thioether (sulfide) groups is 1. The molecule has 0 saturated carbocycles. The number of fused-ring (bicyclic) bond motifs is 1. The molecule has 2 aromatic heterocycles. The zero-order valence-electron chi connectivity index (χ0n) is 8.52. The van der Waals surface area contributed by atoms with Crippen LogP contribution in [0.4, 0.5) is 0 Å². The van der Waals surface area contributed by atoms with Crippen molar-refractivity contribution >= 4 is 39.7 Å². The van der Waals surface area contributed by atoms with Crippen LogP contribution in [0.2, 0.25) is 0 Å². The molecule has 2 rings (SSSR count). The second-order valence-corrected chi connectivity index (χ2v) is 6.10. The Morgan fingerprint density at radius 1 is 1.67 bits per heavy atom. The lowest BCUT2D eigenvalue weighted by Crippen LogP contribution is -1.97. The highest BCUT2D eigenvalue weighted by atomic mass is 35.5. The summed E-state index contributed by atoms with van der Waals surface area (Å²) in [5.74, 6) is 1.72. The van der Waals surface area contributed by atoms with Crippen molar-refractivity contribution in [2.75, 3.05) is 5.88 Å². The standard InChI is InChI=1S/C10H13ClN2S2/c1-8(2-3-11)15-7-9-6-13-4-5-14-10(13)12-9/h4-6,8H,2-3,7H2,1H3. The van der Waals surface area contributed by atoms with Crippen LogP contribution in [0.25, 0.3) is 4.96 Å². The summed E-state index contributed by atoms with van der Waals surface area (Å²) in [5.41, 5.74) is 1.16. The Bertz CT molecular complexity index is 395. The fourth-order valence-corrected chi connectivity index (χ4v) is 3.36. The molecule has 0 aromatic carbocycles. The molecule has 82 valence electrons. The van der Waals surface area contributed by atoms with Crippen molar-refractivity contribution < 1.29 is 0 Å². The second kappa shape index (κ2) is 5.23. The predicted molar refractivity (Wildman–Crippen MR) is 69.2 cm³/mol. The molecule has 0 radical (unpaired) electrons. The number of alkyl halides is 1. The van der Waals surface area contributed by atoms with Gasteiger partial charge in [0.15, 0.2) is 4.96 Å². The fraction of sp³-hybridized carbons (Fsp3) is 0.500. The Balaban J connectivity index is 1.92. The minimum Gasteiger partial charge on any atom is -0.297 e. The largest absolute Gasteiger partial charge is 0.297 e. The molecule has 2 heterocycles. The van der Waals surface area contributed by atoms with Gasteiger partial charge in [-0.3, -0.25) is 4.40 Å². The van der Waals surface area contributed by atoms with Crippen molar-refractivity contribution in [2.24, 2.45) is 0 Å². The van der Waals surface area contributed by atoms with E-state index >= 15 is 0 Å². The van der Waals surface area contributed by atoms with Crippen LogP contribution in [0.15, 0.2) is 17.8 Å². The first-order valence-corrected chi connectivity index (χ1v) is 7.34. The Labute approximate surface area is 103 Å². The van der Waals surface area contributed by atoms with E-state index in [0.717, 1.165) is 28.7 Å². The van der Waals surface area contributed by atoms with Gasteiger partial charge in [-0.15, -0.1) is 22.9 Å². The molecule has 0 aliphatic carbocycles. The molecule has 0 aliphatic heterocycles. The van der Waals surface area contributed by atoms with Gasteiger partial charge in [-0.1, -0.05) is 6.92 Å². The molecule has 0 amide bonds. The van der Waals surface area contributed by atoms with E-state index in [-0.39, 0.29) is 0 Å². The summed E-state index contributed by atoms with van der Waals surface area (Å²) >= 11 is 9.28. The Hall–Kier alpha value is -0.190. The van der Waals surface area contributed by atoms with E-state index in [0.29, 0.717) is 5.25 Å². The van der Waals surface area contributed by atoms with Gasteiger partial charge in [0, 0.05) is 34.7 Å². The van der Waals surface area contributed by atoms with Gasteiger partial charge in [-0.05, 0) is 6.42 Å². The van der Waals surface area contributed by atoms with E-state index in [2.05, 4.69) is 27.9 Å². The third kappa shape index (κ3) is 2.89. The van der Waals surface area contributed by atoms with Crippen LogP contribution in [-0.4, -0.2) is 20.5 Å². The van der Waals surface area contributed by atoms with E-state index in [1.54, 1.807) is 11.3 Å². The molecule has 5 heteroatoms. The summed E-state index contributed by atoms with van der Waals surface area (Å²) in [6.45, 7) is 2.21. The van der Waals surface area contributed by atoms with Gasteiger partial charge in [-0.25, -0.2) is 4.98 Å². The van der Waals surface area contributed by atoms with Gasteiger partial charge >= 0.3 is 0 Å². The highest BCUT2D eigenvalue weighted by Crippen LogP contribution is 2.21. The van der Waals surface area contributed by atoms with Crippen LogP contribution in [0.1, 0.15) is 19.0 Å². The van der Waals surface area contributed by atoms with E-state index in [4.69, 9.17) is 11.6 Å². The van der Waals surface area contributed by atoms with Crippen molar-refractivity contribution in [3.05, 3.63) is 23.5 Å². The number of aromatic nitrogens is 2. The molecule has 0 spiro atoms. The third-order valence-electron chi connectivity index (χ3n) is 2.17.